The van der Waals surface area contributed by atoms with E-state index in [-0.39, 0.29) is 11.5 Å². The topological polar surface area (TPSA) is 29.5 Å². The largest absolute Gasteiger partial charge is 0.489 e. The minimum Gasteiger partial charge on any atom is -0.489 e. The Morgan fingerprint density at radius 1 is 1.00 bits per heavy atom. The van der Waals surface area contributed by atoms with Crippen molar-refractivity contribution in [2.24, 2.45) is 0 Å². The smallest absolute Gasteiger partial charge is 0.123 e. The third-order valence-electron chi connectivity index (χ3n) is 6.77. The Hall–Kier alpha value is -1.80. The van der Waals surface area contributed by atoms with E-state index in [0.29, 0.717) is 12.5 Å². The van der Waals surface area contributed by atoms with Crippen LogP contribution in [0.5, 0.6) is 5.75 Å². The predicted octanol–water partition coefficient (Wildman–Crippen LogP) is 7.53. The molecule has 0 aromatic heterocycles. The lowest BCUT2D eigenvalue weighted by atomic mass is 9.77. The highest BCUT2D eigenvalue weighted by molar-refractivity contribution is 5.43. The number of rotatable bonds is 10. The van der Waals surface area contributed by atoms with Crippen molar-refractivity contribution in [1.29, 1.82) is 0 Å². The van der Waals surface area contributed by atoms with E-state index in [1.165, 1.54) is 48.8 Å². The summed E-state index contributed by atoms with van der Waals surface area (Å²) >= 11 is 0. The highest BCUT2D eigenvalue weighted by Gasteiger charge is 2.27. The fourth-order valence-electron chi connectivity index (χ4n) is 4.74. The van der Waals surface area contributed by atoms with Gasteiger partial charge in [-0.15, -0.1) is 0 Å². The molecule has 3 rings (SSSR count). The quantitative estimate of drug-likeness (QED) is 0.412. The number of benzene rings is 2. The lowest BCUT2D eigenvalue weighted by molar-refractivity contribution is 0.118. The molecule has 1 aliphatic rings. The Balaban J connectivity index is 1.81. The Kier molecular flexibility index (Phi) is 8.39. The van der Waals surface area contributed by atoms with Gasteiger partial charge < -0.3 is 9.84 Å². The Morgan fingerprint density at radius 3 is 2.53 bits per heavy atom. The second kappa shape index (κ2) is 11.0. The first-order valence-corrected chi connectivity index (χ1v) is 12.0. The number of aliphatic hydroxyl groups is 1. The maximum Gasteiger partial charge on any atom is 0.123 e. The first-order chi connectivity index (χ1) is 14.5. The van der Waals surface area contributed by atoms with Gasteiger partial charge in [-0.1, -0.05) is 95.3 Å². The zero-order valence-corrected chi connectivity index (χ0v) is 19.2. The van der Waals surface area contributed by atoms with Gasteiger partial charge in [0.25, 0.3) is 0 Å². The molecule has 0 spiro atoms. The second-order valence-corrected chi connectivity index (χ2v) is 9.74. The summed E-state index contributed by atoms with van der Waals surface area (Å²) in [4.78, 5) is 0. The van der Waals surface area contributed by atoms with Gasteiger partial charge in [0.05, 0.1) is 6.10 Å². The summed E-state index contributed by atoms with van der Waals surface area (Å²) in [5, 5.41) is 10.2. The molecule has 1 N–H and O–H groups in total. The molecule has 2 atom stereocenters. The van der Waals surface area contributed by atoms with Gasteiger partial charge in [0.15, 0.2) is 0 Å². The van der Waals surface area contributed by atoms with E-state index < -0.39 is 0 Å². The van der Waals surface area contributed by atoms with Crippen LogP contribution in [-0.2, 0) is 12.0 Å². The van der Waals surface area contributed by atoms with Crippen molar-refractivity contribution in [2.75, 3.05) is 0 Å². The third kappa shape index (κ3) is 6.35. The van der Waals surface area contributed by atoms with Crippen molar-refractivity contribution in [3.05, 3.63) is 65.2 Å². The van der Waals surface area contributed by atoms with E-state index in [0.717, 1.165) is 31.4 Å². The Bertz CT molecular complexity index is 765. The molecule has 30 heavy (non-hydrogen) atoms. The predicted molar refractivity (Wildman–Crippen MR) is 126 cm³/mol. The zero-order valence-electron chi connectivity index (χ0n) is 19.2. The molecule has 0 saturated heterocycles. The summed E-state index contributed by atoms with van der Waals surface area (Å²) in [5.41, 5.74) is 3.97. The van der Waals surface area contributed by atoms with Crippen LogP contribution in [0.3, 0.4) is 0 Å². The van der Waals surface area contributed by atoms with Crippen LogP contribution in [0.25, 0.3) is 0 Å². The second-order valence-electron chi connectivity index (χ2n) is 9.74. The van der Waals surface area contributed by atoms with Crippen LogP contribution in [0.15, 0.2) is 48.5 Å². The van der Waals surface area contributed by atoms with Crippen LogP contribution in [0.1, 0.15) is 101 Å². The number of hydrogen-bond donors (Lipinski definition) is 1. The first-order valence-electron chi connectivity index (χ1n) is 12.0. The van der Waals surface area contributed by atoms with Crippen LogP contribution in [-0.4, -0.2) is 11.2 Å². The first kappa shape index (κ1) is 22.9. The Labute approximate surface area is 183 Å². The highest BCUT2D eigenvalue weighted by Crippen LogP contribution is 2.41. The van der Waals surface area contributed by atoms with Gasteiger partial charge in [-0.3, -0.25) is 0 Å². The van der Waals surface area contributed by atoms with Gasteiger partial charge in [-0.05, 0) is 59.8 Å². The summed E-state index contributed by atoms with van der Waals surface area (Å²) in [7, 11) is 0. The molecular formula is C28H40O2. The number of ether oxygens (including phenoxy) is 1. The molecule has 2 aromatic rings. The van der Waals surface area contributed by atoms with Crippen LogP contribution in [0.2, 0.25) is 0 Å². The van der Waals surface area contributed by atoms with Crippen molar-refractivity contribution >= 4 is 0 Å². The van der Waals surface area contributed by atoms with Crippen molar-refractivity contribution in [3.8, 4) is 5.75 Å². The molecule has 1 saturated carbocycles. The lowest BCUT2D eigenvalue weighted by Gasteiger charge is -2.30. The zero-order chi connectivity index (χ0) is 21.4. The molecule has 0 radical (unpaired) electrons. The SMILES string of the molecule is CCCCCCC(C)(C)c1ccc([C@@H]2CCCC(O)C2)c(OCc2ccccc2)c1. The average Bonchev–Trinajstić information content (AvgIpc) is 2.76. The van der Waals surface area contributed by atoms with E-state index in [4.69, 9.17) is 4.74 Å². The fraction of sp³-hybridized carbons (Fsp3) is 0.571. The van der Waals surface area contributed by atoms with Gasteiger partial charge in [0.2, 0.25) is 0 Å². The average molecular weight is 409 g/mol. The van der Waals surface area contributed by atoms with Gasteiger partial charge in [-0.2, -0.15) is 0 Å². The van der Waals surface area contributed by atoms with E-state index in [1.807, 2.05) is 6.07 Å². The molecule has 0 aliphatic heterocycles. The van der Waals surface area contributed by atoms with Crippen molar-refractivity contribution in [2.45, 2.75) is 103 Å². The summed E-state index contributed by atoms with van der Waals surface area (Å²) < 4.78 is 6.41. The monoisotopic (exact) mass is 408 g/mol. The number of aliphatic hydroxyl groups excluding tert-OH is 1. The maximum absolute atomic E-state index is 10.2. The van der Waals surface area contributed by atoms with E-state index in [1.54, 1.807) is 0 Å². The van der Waals surface area contributed by atoms with Crippen LogP contribution < -0.4 is 4.74 Å². The highest BCUT2D eigenvalue weighted by atomic mass is 16.5. The molecule has 1 aliphatic carbocycles. The molecule has 2 heteroatoms. The standard InChI is InChI=1S/C28H40O2/c1-4-5-6-10-18-28(2,3)24-16-17-26(23-14-11-15-25(29)19-23)27(20-24)30-21-22-12-8-7-9-13-22/h7-9,12-13,16-17,20,23,25,29H,4-6,10-11,14-15,18-19,21H2,1-3H3/t23-,25?/m1/s1. The van der Waals surface area contributed by atoms with E-state index in [2.05, 4.69) is 63.2 Å². The van der Waals surface area contributed by atoms with E-state index >= 15 is 0 Å². The minimum absolute atomic E-state index is 0.142. The van der Waals surface area contributed by atoms with Crippen molar-refractivity contribution in [1.82, 2.24) is 0 Å². The van der Waals surface area contributed by atoms with Gasteiger partial charge in [-0.25, -0.2) is 0 Å². The lowest BCUT2D eigenvalue weighted by Crippen LogP contribution is -2.20. The molecule has 0 heterocycles. The summed E-state index contributed by atoms with van der Waals surface area (Å²) in [6, 6.07) is 17.3. The fourth-order valence-corrected chi connectivity index (χ4v) is 4.74. The minimum atomic E-state index is -0.180. The number of hydrogen-bond acceptors (Lipinski definition) is 2. The van der Waals surface area contributed by atoms with Crippen molar-refractivity contribution < 1.29 is 9.84 Å². The molecule has 0 amide bonds. The van der Waals surface area contributed by atoms with Crippen LogP contribution in [0, 0.1) is 0 Å². The molecule has 2 aromatic carbocycles. The summed E-state index contributed by atoms with van der Waals surface area (Å²) in [6.45, 7) is 7.57. The summed E-state index contributed by atoms with van der Waals surface area (Å²) in [6.07, 6.45) is 10.2. The Morgan fingerprint density at radius 2 is 1.80 bits per heavy atom. The molecule has 2 nitrogen and oxygen atoms in total. The third-order valence-corrected chi connectivity index (χ3v) is 6.77. The maximum atomic E-state index is 10.2. The molecule has 164 valence electrons. The van der Waals surface area contributed by atoms with Gasteiger partial charge >= 0.3 is 0 Å². The molecular weight excluding hydrogens is 368 g/mol. The molecule has 1 unspecified atom stereocenters. The van der Waals surface area contributed by atoms with E-state index in [9.17, 15) is 5.11 Å². The normalized spacial score (nSPS) is 19.6. The number of unbranched alkanes of at least 4 members (excludes halogenated alkanes) is 3. The van der Waals surface area contributed by atoms with Gasteiger partial charge in [0.1, 0.15) is 12.4 Å². The van der Waals surface area contributed by atoms with Gasteiger partial charge in [0, 0.05) is 0 Å². The molecule has 1 fully saturated rings. The summed E-state index contributed by atoms with van der Waals surface area (Å²) in [5.74, 6) is 1.40. The molecule has 0 bridgehead atoms. The van der Waals surface area contributed by atoms with Crippen LogP contribution in [0.4, 0.5) is 0 Å². The van der Waals surface area contributed by atoms with Crippen LogP contribution >= 0.6 is 0 Å². The van der Waals surface area contributed by atoms with Crippen molar-refractivity contribution in [3.63, 3.8) is 0 Å².